The van der Waals surface area contributed by atoms with Gasteiger partial charge >= 0.3 is 0 Å². The molecule has 0 bridgehead atoms. The van der Waals surface area contributed by atoms with Crippen molar-refractivity contribution in [3.05, 3.63) is 28.5 Å². The minimum atomic E-state index is -1.17. The SMILES string of the molecule is CC1(C)CC(CCC(NS(=O)C(C)(C)C)c2cc(Br)ccn2)CN1C=O.COC(C)(C)C. The maximum Gasteiger partial charge on any atom is 0.210 e. The highest BCUT2D eigenvalue weighted by Crippen LogP contribution is 2.35. The molecule has 184 valence electrons. The quantitative estimate of drug-likeness (QED) is 0.477. The number of methoxy groups -OCH3 is 1. The average Bonchev–Trinajstić information content (AvgIpc) is 2.97. The molecule has 3 unspecified atom stereocenters. The molecule has 0 aliphatic carbocycles. The topological polar surface area (TPSA) is 71.5 Å². The normalized spacial score (nSPS) is 20.3. The Morgan fingerprint density at radius 3 is 2.38 bits per heavy atom. The van der Waals surface area contributed by atoms with Gasteiger partial charge in [-0.3, -0.25) is 9.78 Å². The van der Waals surface area contributed by atoms with Gasteiger partial charge in [0.25, 0.3) is 0 Å². The zero-order chi connectivity index (χ0) is 24.7. The Bertz CT molecular complexity index is 760. The van der Waals surface area contributed by atoms with Crippen LogP contribution in [0.2, 0.25) is 0 Å². The standard InChI is InChI=1S/C19H30BrN3O2S.C5H12O/c1-18(2,3)26(25)22-16(17-10-15(20)8-9-21-17)7-6-14-11-19(4,5)23(12-14)13-24;1-5(2,3)6-4/h8-10,13-14,16,22H,6-7,11-12H2,1-5H3;1-4H3. The third-order valence-corrected chi connectivity index (χ3v) is 7.63. The molecule has 1 aliphatic rings. The van der Waals surface area contributed by atoms with Crippen LogP contribution in [0.3, 0.4) is 0 Å². The molecule has 32 heavy (non-hydrogen) atoms. The van der Waals surface area contributed by atoms with Gasteiger partial charge < -0.3 is 9.64 Å². The van der Waals surface area contributed by atoms with Crippen molar-refractivity contribution in [1.29, 1.82) is 0 Å². The van der Waals surface area contributed by atoms with Crippen molar-refractivity contribution in [1.82, 2.24) is 14.6 Å². The van der Waals surface area contributed by atoms with Gasteiger partial charge in [-0.25, -0.2) is 8.93 Å². The van der Waals surface area contributed by atoms with E-state index in [9.17, 15) is 9.00 Å². The number of rotatable bonds is 7. The summed E-state index contributed by atoms with van der Waals surface area (Å²) in [6.07, 6.45) is 5.51. The lowest BCUT2D eigenvalue weighted by atomic mass is 9.91. The first kappa shape index (κ1) is 29.2. The fourth-order valence-corrected chi connectivity index (χ4v) is 4.58. The fourth-order valence-electron chi connectivity index (χ4n) is 3.38. The van der Waals surface area contributed by atoms with Gasteiger partial charge in [0, 0.05) is 29.9 Å². The van der Waals surface area contributed by atoms with Gasteiger partial charge in [0.05, 0.1) is 33.1 Å². The summed E-state index contributed by atoms with van der Waals surface area (Å²) in [5, 5.41) is 0. The van der Waals surface area contributed by atoms with Crippen molar-refractivity contribution >= 4 is 33.3 Å². The summed E-state index contributed by atoms with van der Waals surface area (Å²) in [5.41, 5.74) is 0.846. The van der Waals surface area contributed by atoms with E-state index in [-0.39, 0.29) is 21.9 Å². The van der Waals surface area contributed by atoms with E-state index in [1.165, 1.54) is 0 Å². The minimum absolute atomic E-state index is 0.0417. The first-order valence-corrected chi connectivity index (χ1v) is 13.1. The molecule has 1 aromatic rings. The fraction of sp³-hybridized carbons (Fsp3) is 0.750. The van der Waals surface area contributed by atoms with Crippen LogP contribution in [0.5, 0.6) is 0 Å². The lowest BCUT2D eigenvalue weighted by Gasteiger charge is -2.27. The van der Waals surface area contributed by atoms with Crippen molar-refractivity contribution in [2.24, 2.45) is 5.92 Å². The monoisotopic (exact) mass is 531 g/mol. The predicted molar refractivity (Wildman–Crippen MR) is 137 cm³/mol. The number of halogens is 1. The van der Waals surface area contributed by atoms with E-state index in [0.717, 1.165) is 42.4 Å². The maximum atomic E-state index is 12.6. The first-order chi connectivity index (χ1) is 14.6. The number of hydrogen-bond acceptors (Lipinski definition) is 4. The Kier molecular flexibility index (Phi) is 11.0. The highest BCUT2D eigenvalue weighted by Gasteiger charge is 2.37. The summed E-state index contributed by atoms with van der Waals surface area (Å²) in [5.74, 6) is 0.453. The summed E-state index contributed by atoms with van der Waals surface area (Å²) >= 11 is 3.50. The second-order valence-corrected chi connectivity index (χ2v) is 13.9. The predicted octanol–water partition coefficient (Wildman–Crippen LogP) is 5.41. The number of nitrogens with zero attached hydrogens (tertiary/aromatic N) is 2. The lowest BCUT2D eigenvalue weighted by Crippen LogP contribution is -2.36. The molecule has 2 rings (SSSR count). The van der Waals surface area contributed by atoms with Crippen LogP contribution in [0.1, 0.15) is 86.4 Å². The Labute approximate surface area is 206 Å². The number of likely N-dealkylation sites (tertiary alicyclic amines) is 1. The molecule has 1 aromatic heterocycles. The largest absolute Gasteiger partial charge is 0.379 e. The molecule has 3 atom stereocenters. The number of carbonyl (C=O) groups excluding carboxylic acids is 1. The Balaban J connectivity index is 0.000000751. The molecule has 1 amide bonds. The third-order valence-electron chi connectivity index (χ3n) is 5.53. The minimum Gasteiger partial charge on any atom is -0.379 e. The molecule has 2 heterocycles. The molecule has 1 N–H and O–H groups in total. The van der Waals surface area contributed by atoms with Crippen LogP contribution in [0, 0.1) is 5.92 Å². The zero-order valence-electron chi connectivity index (χ0n) is 21.2. The summed E-state index contributed by atoms with van der Waals surface area (Å²) in [6, 6.07) is 3.79. The van der Waals surface area contributed by atoms with Gasteiger partial charge in [0.1, 0.15) is 0 Å². The van der Waals surface area contributed by atoms with E-state index in [2.05, 4.69) is 39.5 Å². The number of pyridine rings is 1. The molecule has 6 nitrogen and oxygen atoms in total. The van der Waals surface area contributed by atoms with Crippen LogP contribution in [0.4, 0.5) is 0 Å². The van der Waals surface area contributed by atoms with Gasteiger partial charge in [-0.1, -0.05) is 15.9 Å². The Morgan fingerprint density at radius 1 is 1.34 bits per heavy atom. The number of ether oxygens (including phenoxy) is 1. The third kappa shape index (κ3) is 9.98. The Morgan fingerprint density at radius 2 is 1.94 bits per heavy atom. The highest BCUT2D eigenvalue weighted by molar-refractivity contribution is 9.10. The van der Waals surface area contributed by atoms with Crippen LogP contribution >= 0.6 is 15.9 Å². The van der Waals surface area contributed by atoms with Crippen LogP contribution < -0.4 is 4.72 Å². The van der Waals surface area contributed by atoms with E-state index in [1.54, 1.807) is 13.3 Å². The lowest BCUT2D eigenvalue weighted by molar-refractivity contribution is -0.120. The van der Waals surface area contributed by atoms with Crippen molar-refractivity contribution in [2.75, 3.05) is 13.7 Å². The van der Waals surface area contributed by atoms with Crippen molar-refractivity contribution in [2.45, 2.75) is 96.6 Å². The number of carbonyl (C=O) groups is 1. The highest BCUT2D eigenvalue weighted by atomic mass is 79.9. The van der Waals surface area contributed by atoms with Crippen LogP contribution in [-0.4, -0.2) is 50.0 Å². The molecule has 1 fully saturated rings. The Hall–Kier alpha value is -0.830. The molecule has 1 aliphatic heterocycles. The van der Waals surface area contributed by atoms with Crippen LogP contribution in [0.25, 0.3) is 0 Å². The second kappa shape index (κ2) is 12.0. The number of nitrogens with one attached hydrogen (secondary N) is 1. The second-order valence-electron chi connectivity index (χ2n) is 11.0. The molecule has 0 aromatic carbocycles. The van der Waals surface area contributed by atoms with Crippen LogP contribution in [0.15, 0.2) is 22.8 Å². The van der Waals surface area contributed by atoms with E-state index >= 15 is 0 Å². The van der Waals surface area contributed by atoms with E-state index in [0.29, 0.717) is 5.92 Å². The molecular weight excluding hydrogens is 490 g/mol. The molecule has 8 heteroatoms. The van der Waals surface area contributed by atoms with Crippen molar-refractivity contribution < 1.29 is 13.7 Å². The van der Waals surface area contributed by atoms with E-state index in [4.69, 9.17) is 4.74 Å². The number of aromatic nitrogens is 1. The van der Waals surface area contributed by atoms with Gasteiger partial charge in [-0.05, 0) is 92.7 Å². The summed E-state index contributed by atoms with van der Waals surface area (Å²) in [4.78, 5) is 17.7. The van der Waals surface area contributed by atoms with Crippen molar-refractivity contribution in [3.63, 3.8) is 0 Å². The average molecular weight is 533 g/mol. The van der Waals surface area contributed by atoms with Crippen LogP contribution in [-0.2, 0) is 20.5 Å². The maximum absolute atomic E-state index is 12.6. The molecule has 1 saturated heterocycles. The van der Waals surface area contributed by atoms with Gasteiger partial charge in [0.15, 0.2) is 0 Å². The first-order valence-electron chi connectivity index (χ1n) is 11.2. The molecular formula is C24H42BrN3O3S. The van der Waals surface area contributed by atoms with Gasteiger partial charge in [-0.15, -0.1) is 0 Å². The smallest absolute Gasteiger partial charge is 0.210 e. The van der Waals surface area contributed by atoms with Gasteiger partial charge in [0.2, 0.25) is 6.41 Å². The number of hydrogen-bond donors (Lipinski definition) is 1. The van der Waals surface area contributed by atoms with E-state index < -0.39 is 11.0 Å². The van der Waals surface area contributed by atoms with Crippen molar-refractivity contribution in [3.8, 4) is 0 Å². The van der Waals surface area contributed by atoms with Gasteiger partial charge in [-0.2, -0.15) is 0 Å². The summed E-state index contributed by atoms with van der Waals surface area (Å²) < 4.78 is 21.5. The number of amides is 1. The molecule has 0 radical (unpaired) electrons. The zero-order valence-corrected chi connectivity index (χ0v) is 23.6. The molecule has 0 saturated carbocycles. The summed E-state index contributed by atoms with van der Waals surface area (Å²) in [6.45, 7) is 17.0. The van der Waals surface area contributed by atoms with E-state index in [1.807, 2.05) is 58.6 Å². The molecule has 0 spiro atoms. The summed E-state index contributed by atoms with van der Waals surface area (Å²) in [7, 11) is 0.535.